The molecule has 1 amide bonds. The lowest BCUT2D eigenvalue weighted by Gasteiger charge is -2.34. The number of sulfone groups is 2. The third-order valence-corrected chi connectivity index (χ3v) is 9.90. The van der Waals surface area contributed by atoms with E-state index in [0.717, 1.165) is 5.56 Å². The Kier molecular flexibility index (Phi) is 9.25. The van der Waals surface area contributed by atoms with Crippen LogP contribution < -0.4 is 15.5 Å². The minimum absolute atomic E-state index is 0.0535. The highest BCUT2D eigenvalue weighted by molar-refractivity contribution is 7.93. The summed E-state index contributed by atoms with van der Waals surface area (Å²) >= 11 is 0. The second-order valence-corrected chi connectivity index (χ2v) is 12.7. The van der Waals surface area contributed by atoms with E-state index in [2.05, 4.69) is 5.32 Å². The maximum Gasteiger partial charge on any atom is 0.265 e. The highest BCUT2D eigenvalue weighted by Crippen LogP contribution is 2.35. The van der Waals surface area contributed by atoms with E-state index in [-0.39, 0.29) is 55.6 Å². The molecule has 3 N–H and O–H groups in total. The van der Waals surface area contributed by atoms with Crippen LogP contribution in [0.1, 0.15) is 24.8 Å². The molecule has 0 aromatic heterocycles. The molecule has 0 spiro atoms. The molecule has 35 heavy (non-hydrogen) atoms. The van der Waals surface area contributed by atoms with Crippen LogP contribution in [-0.2, 0) is 35.8 Å². The summed E-state index contributed by atoms with van der Waals surface area (Å²) in [5.41, 5.74) is 2.47. The first-order chi connectivity index (χ1) is 16.7. The van der Waals surface area contributed by atoms with Crippen LogP contribution in [0.15, 0.2) is 59.5 Å². The van der Waals surface area contributed by atoms with Gasteiger partial charge in [-0.2, -0.15) is 0 Å². The molecule has 1 heterocycles. The molecule has 0 atom stereocenters. The van der Waals surface area contributed by atoms with Gasteiger partial charge < -0.3 is 9.47 Å². The van der Waals surface area contributed by atoms with E-state index < -0.39 is 30.3 Å². The maximum absolute atomic E-state index is 13.2. The summed E-state index contributed by atoms with van der Waals surface area (Å²) in [5.74, 6) is -0.804. The number of carbonyl (C=O) groups is 1. The summed E-state index contributed by atoms with van der Waals surface area (Å²) in [7, 11) is -7.42. The molecular formula is C23H30N2O8S2. The Bertz CT molecular complexity index is 1180. The zero-order chi connectivity index (χ0) is 25.4. The second kappa shape index (κ2) is 12.0. The van der Waals surface area contributed by atoms with E-state index >= 15 is 0 Å². The topological polar surface area (TPSA) is 148 Å². The number of benzene rings is 2. The molecule has 1 saturated heterocycles. The van der Waals surface area contributed by atoms with E-state index in [4.69, 9.17) is 14.7 Å². The molecule has 3 rings (SSSR count). The van der Waals surface area contributed by atoms with Crippen molar-refractivity contribution >= 4 is 25.6 Å². The summed E-state index contributed by atoms with van der Waals surface area (Å²) < 4.78 is 59.8. The highest BCUT2D eigenvalue weighted by atomic mass is 32.2. The fourth-order valence-corrected chi connectivity index (χ4v) is 6.90. The lowest BCUT2D eigenvalue weighted by Crippen LogP contribution is -2.54. The number of rotatable bonds is 12. The maximum atomic E-state index is 13.2. The Morgan fingerprint density at radius 3 is 2.29 bits per heavy atom. The van der Waals surface area contributed by atoms with Gasteiger partial charge in [0.1, 0.15) is 5.75 Å². The third-order valence-electron chi connectivity index (χ3n) is 5.83. The van der Waals surface area contributed by atoms with Crippen LogP contribution in [0.2, 0.25) is 0 Å². The Labute approximate surface area is 205 Å². The van der Waals surface area contributed by atoms with Crippen molar-refractivity contribution in [3.63, 3.8) is 0 Å². The quantitative estimate of drug-likeness (QED) is 0.212. The molecule has 10 nitrogen and oxygen atoms in total. The molecule has 0 saturated carbocycles. The van der Waals surface area contributed by atoms with E-state index in [9.17, 15) is 21.6 Å². The van der Waals surface area contributed by atoms with Gasteiger partial charge >= 0.3 is 0 Å². The molecule has 2 aromatic carbocycles. The van der Waals surface area contributed by atoms with E-state index in [0.29, 0.717) is 12.3 Å². The molecule has 1 aliphatic heterocycles. The van der Waals surface area contributed by atoms with Crippen molar-refractivity contribution < 1.29 is 36.3 Å². The number of nitrogens with one attached hydrogen (secondary N) is 2. The standard InChI is InChI=1S/C23H30N2O8S2/c26-22(25-27)23(11-14-32-15-12-23)35(30,31)21-9-7-20(8-10-21)33-13-4-16-34(28,29)18-24-17-19-5-2-1-3-6-19/h1-3,5-10,24,27H,4,11-18H2,(H,25,26). The lowest BCUT2D eigenvalue weighted by molar-refractivity contribution is -0.134. The predicted molar refractivity (Wildman–Crippen MR) is 128 cm³/mol. The molecular weight excluding hydrogens is 496 g/mol. The molecule has 0 bridgehead atoms. The van der Waals surface area contributed by atoms with Crippen molar-refractivity contribution in [2.45, 2.75) is 35.4 Å². The number of amides is 1. The second-order valence-electron chi connectivity index (χ2n) is 8.23. The van der Waals surface area contributed by atoms with Gasteiger partial charge in [-0.1, -0.05) is 30.3 Å². The molecule has 192 valence electrons. The van der Waals surface area contributed by atoms with Gasteiger partial charge in [0.05, 0.1) is 23.1 Å². The summed E-state index contributed by atoms with van der Waals surface area (Å²) in [5, 5.41) is 12.0. The summed E-state index contributed by atoms with van der Waals surface area (Å²) in [4.78, 5) is 12.2. The van der Waals surface area contributed by atoms with Crippen LogP contribution in [0.5, 0.6) is 5.75 Å². The van der Waals surface area contributed by atoms with Crippen LogP contribution in [0, 0.1) is 0 Å². The van der Waals surface area contributed by atoms with Crippen LogP contribution in [0.4, 0.5) is 0 Å². The average Bonchev–Trinajstić information content (AvgIpc) is 2.87. The van der Waals surface area contributed by atoms with Gasteiger partial charge in [-0.15, -0.1) is 0 Å². The van der Waals surface area contributed by atoms with Crippen LogP contribution >= 0.6 is 0 Å². The SMILES string of the molecule is O=C(NO)C1(S(=O)(=O)c2ccc(OCCCS(=O)(=O)CNCc3ccccc3)cc2)CCOCC1. The number of carbonyl (C=O) groups excluding carboxylic acids is 1. The minimum Gasteiger partial charge on any atom is -0.494 e. The van der Waals surface area contributed by atoms with Crippen molar-refractivity contribution in [1.29, 1.82) is 0 Å². The van der Waals surface area contributed by atoms with Crippen molar-refractivity contribution in [2.24, 2.45) is 0 Å². The normalized spacial score (nSPS) is 15.9. The first-order valence-corrected chi connectivity index (χ1v) is 14.5. The van der Waals surface area contributed by atoms with Gasteiger partial charge in [-0.05, 0) is 49.1 Å². The van der Waals surface area contributed by atoms with Crippen LogP contribution in [0.25, 0.3) is 0 Å². The van der Waals surface area contributed by atoms with E-state index in [1.54, 1.807) is 0 Å². The van der Waals surface area contributed by atoms with Crippen molar-refractivity contribution in [2.75, 3.05) is 31.5 Å². The Hall–Kier alpha value is -2.51. The number of hydrogen-bond acceptors (Lipinski definition) is 9. The van der Waals surface area contributed by atoms with Crippen LogP contribution in [-0.4, -0.2) is 64.1 Å². The highest BCUT2D eigenvalue weighted by Gasteiger charge is 2.52. The van der Waals surface area contributed by atoms with E-state index in [1.807, 2.05) is 30.3 Å². The molecule has 12 heteroatoms. The zero-order valence-electron chi connectivity index (χ0n) is 19.2. The minimum atomic E-state index is -4.12. The largest absolute Gasteiger partial charge is 0.494 e. The number of hydrogen-bond donors (Lipinski definition) is 3. The van der Waals surface area contributed by atoms with E-state index in [1.165, 1.54) is 29.7 Å². The van der Waals surface area contributed by atoms with Crippen molar-refractivity contribution in [3.8, 4) is 5.75 Å². The van der Waals surface area contributed by atoms with Crippen molar-refractivity contribution in [3.05, 3.63) is 60.2 Å². The number of ether oxygens (including phenoxy) is 2. The first kappa shape index (κ1) is 27.1. The fraction of sp³-hybridized carbons (Fsp3) is 0.435. The van der Waals surface area contributed by atoms with Gasteiger partial charge in [0, 0.05) is 19.8 Å². The van der Waals surface area contributed by atoms with Gasteiger partial charge in [0.15, 0.2) is 24.4 Å². The lowest BCUT2D eigenvalue weighted by atomic mass is 9.98. The summed E-state index contributed by atoms with van der Waals surface area (Å²) in [6, 6.07) is 15.1. The Morgan fingerprint density at radius 2 is 1.66 bits per heavy atom. The fourth-order valence-electron chi connectivity index (χ4n) is 3.85. The van der Waals surface area contributed by atoms with Gasteiger partial charge in [0.25, 0.3) is 5.91 Å². The Morgan fingerprint density at radius 1 is 1.00 bits per heavy atom. The monoisotopic (exact) mass is 526 g/mol. The molecule has 0 radical (unpaired) electrons. The first-order valence-electron chi connectivity index (χ1n) is 11.1. The summed E-state index contributed by atoms with van der Waals surface area (Å²) in [6.45, 7) is 0.759. The molecule has 1 fully saturated rings. The molecule has 1 aliphatic rings. The van der Waals surface area contributed by atoms with Gasteiger partial charge in [-0.25, -0.2) is 22.3 Å². The smallest absolute Gasteiger partial charge is 0.265 e. The Balaban J connectivity index is 1.50. The molecule has 2 aromatic rings. The van der Waals surface area contributed by atoms with Gasteiger partial charge in [0.2, 0.25) is 0 Å². The predicted octanol–water partition coefficient (Wildman–Crippen LogP) is 1.45. The van der Waals surface area contributed by atoms with Gasteiger partial charge in [-0.3, -0.25) is 15.3 Å². The van der Waals surface area contributed by atoms with Crippen molar-refractivity contribution in [1.82, 2.24) is 10.8 Å². The third kappa shape index (κ3) is 6.79. The summed E-state index contributed by atoms with van der Waals surface area (Å²) in [6.07, 6.45) is 0.124. The zero-order valence-corrected chi connectivity index (χ0v) is 20.8. The van der Waals surface area contributed by atoms with Crippen LogP contribution in [0.3, 0.4) is 0 Å². The molecule has 0 aliphatic carbocycles. The number of hydroxylamine groups is 1. The molecule has 0 unspecified atom stereocenters. The average molecular weight is 527 g/mol.